The average molecular weight is 375 g/mol. The molecular weight excluding hydrogens is 352 g/mol. The molecule has 6 heteroatoms. The lowest BCUT2D eigenvalue weighted by atomic mass is 9.90. The Bertz CT molecular complexity index is 801. The highest BCUT2D eigenvalue weighted by Crippen LogP contribution is 2.23. The lowest BCUT2D eigenvalue weighted by molar-refractivity contribution is -0.138. The van der Waals surface area contributed by atoms with Crippen molar-refractivity contribution in [1.82, 2.24) is 5.32 Å². The van der Waals surface area contributed by atoms with Crippen LogP contribution in [0.25, 0.3) is 0 Å². The number of aryl methyl sites for hydroxylation is 1. The van der Waals surface area contributed by atoms with E-state index >= 15 is 0 Å². The minimum absolute atomic E-state index is 0.329. The predicted octanol–water partition coefficient (Wildman–Crippen LogP) is 3.94. The minimum atomic E-state index is -1.23. The molecule has 0 fully saturated rings. The van der Waals surface area contributed by atoms with Crippen molar-refractivity contribution >= 4 is 29.1 Å². The number of anilines is 1. The molecule has 0 saturated carbocycles. The molecule has 0 unspecified atom stereocenters. The van der Waals surface area contributed by atoms with Crippen molar-refractivity contribution in [3.63, 3.8) is 0 Å². The van der Waals surface area contributed by atoms with Crippen molar-refractivity contribution in [3.8, 4) is 5.75 Å². The topological polar surface area (TPSA) is 67.4 Å². The molecule has 0 aliphatic carbocycles. The van der Waals surface area contributed by atoms with Gasteiger partial charge in [0.1, 0.15) is 11.2 Å². The van der Waals surface area contributed by atoms with Gasteiger partial charge in [-0.1, -0.05) is 29.8 Å². The first-order valence-electron chi connectivity index (χ1n) is 8.23. The highest BCUT2D eigenvalue weighted by molar-refractivity contribution is 6.31. The Hall–Kier alpha value is -2.53. The third-order valence-electron chi connectivity index (χ3n) is 4.18. The zero-order valence-corrected chi connectivity index (χ0v) is 16.1. The van der Waals surface area contributed by atoms with Crippen LogP contribution in [0.2, 0.25) is 5.02 Å². The summed E-state index contributed by atoms with van der Waals surface area (Å²) in [5.41, 5.74) is 1.16. The summed E-state index contributed by atoms with van der Waals surface area (Å²) in [5, 5.41) is 6.10. The smallest absolute Gasteiger partial charge is 0.239 e. The molecule has 26 heavy (non-hydrogen) atoms. The van der Waals surface area contributed by atoms with Gasteiger partial charge in [-0.05, 0) is 56.2 Å². The van der Waals surface area contributed by atoms with Gasteiger partial charge in [0.05, 0.1) is 7.11 Å². The van der Waals surface area contributed by atoms with Crippen LogP contribution in [0.3, 0.4) is 0 Å². The molecule has 0 aromatic heterocycles. The van der Waals surface area contributed by atoms with E-state index in [1.54, 1.807) is 33.1 Å². The number of amides is 2. The Morgan fingerprint density at radius 3 is 2.31 bits per heavy atom. The first kappa shape index (κ1) is 19.8. The normalized spacial score (nSPS) is 11.0. The fourth-order valence-corrected chi connectivity index (χ4v) is 2.39. The van der Waals surface area contributed by atoms with E-state index in [9.17, 15) is 9.59 Å². The van der Waals surface area contributed by atoms with Crippen LogP contribution in [0.4, 0.5) is 5.69 Å². The summed E-state index contributed by atoms with van der Waals surface area (Å²) in [7, 11) is 1.60. The molecule has 2 aromatic rings. The zero-order valence-electron chi connectivity index (χ0n) is 15.4. The van der Waals surface area contributed by atoms with Gasteiger partial charge in [-0.25, -0.2) is 0 Å². The second-order valence-electron chi connectivity index (χ2n) is 6.57. The molecule has 0 heterocycles. The van der Waals surface area contributed by atoms with Crippen LogP contribution in [0.5, 0.6) is 5.75 Å². The molecule has 2 rings (SSSR count). The first-order chi connectivity index (χ1) is 12.2. The molecule has 0 saturated heterocycles. The summed E-state index contributed by atoms with van der Waals surface area (Å²) in [6.45, 7) is 5.38. The van der Waals surface area contributed by atoms with Gasteiger partial charge >= 0.3 is 0 Å². The van der Waals surface area contributed by atoms with Crippen LogP contribution >= 0.6 is 11.6 Å². The summed E-state index contributed by atoms with van der Waals surface area (Å²) in [6, 6.07) is 12.6. The first-order valence-corrected chi connectivity index (χ1v) is 8.60. The Kier molecular flexibility index (Phi) is 6.27. The number of halogens is 1. The fourth-order valence-electron chi connectivity index (χ4n) is 2.21. The number of rotatable bonds is 6. The van der Waals surface area contributed by atoms with Crippen LogP contribution in [-0.2, 0) is 16.1 Å². The quantitative estimate of drug-likeness (QED) is 0.752. The maximum atomic E-state index is 12.5. The highest BCUT2D eigenvalue weighted by Gasteiger charge is 2.36. The summed E-state index contributed by atoms with van der Waals surface area (Å²) >= 11 is 6.07. The Morgan fingerprint density at radius 1 is 1.08 bits per heavy atom. The SMILES string of the molecule is COc1ccc(CNC(=O)C(C)(C)C(=O)Nc2ccc(C)c(Cl)c2)cc1. The van der Waals surface area contributed by atoms with Crippen molar-refractivity contribution in [2.45, 2.75) is 27.3 Å². The molecular formula is C20H23ClN2O3. The van der Waals surface area contributed by atoms with E-state index in [-0.39, 0.29) is 5.91 Å². The van der Waals surface area contributed by atoms with E-state index in [0.717, 1.165) is 16.9 Å². The average Bonchev–Trinajstić information content (AvgIpc) is 2.63. The molecule has 2 aromatic carbocycles. The highest BCUT2D eigenvalue weighted by atomic mass is 35.5. The van der Waals surface area contributed by atoms with Crippen molar-refractivity contribution in [2.75, 3.05) is 12.4 Å². The van der Waals surface area contributed by atoms with E-state index in [1.165, 1.54) is 0 Å². The van der Waals surface area contributed by atoms with E-state index in [1.807, 2.05) is 37.3 Å². The van der Waals surface area contributed by atoms with Crippen LogP contribution in [-0.4, -0.2) is 18.9 Å². The number of hydrogen-bond acceptors (Lipinski definition) is 3. The van der Waals surface area contributed by atoms with E-state index in [2.05, 4.69) is 10.6 Å². The second kappa shape index (κ2) is 8.23. The predicted molar refractivity (Wildman–Crippen MR) is 103 cm³/mol. The lowest BCUT2D eigenvalue weighted by Gasteiger charge is -2.23. The summed E-state index contributed by atoms with van der Waals surface area (Å²) in [6.07, 6.45) is 0. The second-order valence-corrected chi connectivity index (χ2v) is 6.98. The van der Waals surface area contributed by atoms with Crippen LogP contribution in [0.1, 0.15) is 25.0 Å². The van der Waals surface area contributed by atoms with Crippen LogP contribution in [0.15, 0.2) is 42.5 Å². The molecule has 138 valence electrons. The lowest BCUT2D eigenvalue weighted by Crippen LogP contribution is -2.44. The van der Waals surface area contributed by atoms with Gasteiger partial charge in [0.15, 0.2) is 0 Å². The number of benzene rings is 2. The van der Waals surface area contributed by atoms with Crippen molar-refractivity contribution in [1.29, 1.82) is 0 Å². The Morgan fingerprint density at radius 2 is 1.73 bits per heavy atom. The van der Waals surface area contributed by atoms with Gasteiger partial charge < -0.3 is 15.4 Å². The van der Waals surface area contributed by atoms with Gasteiger partial charge in [-0.2, -0.15) is 0 Å². The standard InChI is InChI=1S/C20H23ClN2O3/c1-13-5-8-15(11-17(13)21)23-19(25)20(2,3)18(24)22-12-14-6-9-16(26-4)10-7-14/h5-11H,12H2,1-4H3,(H,22,24)(H,23,25). The monoisotopic (exact) mass is 374 g/mol. The van der Waals surface area contributed by atoms with Crippen molar-refractivity contribution < 1.29 is 14.3 Å². The summed E-state index contributed by atoms with van der Waals surface area (Å²) in [5.74, 6) is -0.00906. The fraction of sp³-hybridized carbons (Fsp3) is 0.300. The van der Waals surface area contributed by atoms with E-state index in [4.69, 9.17) is 16.3 Å². The molecule has 0 radical (unpaired) electrons. The van der Waals surface area contributed by atoms with Gasteiger partial charge in [0, 0.05) is 17.3 Å². The molecule has 5 nitrogen and oxygen atoms in total. The van der Waals surface area contributed by atoms with Gasteiger partial charge in [0.25, 0.3) is 0 Å². The zero-order chi connectivity index (χ0) is 19.3. The van der Waals surface area contributed by atoms with Crippen molar-refractivity contribution in [2.24, 2.45) is 5.41 Å². The molecule has 2 N–H and O–H groups in total. The maximum absolute atomic E-state index is 12.5. The largest absolute Gasteiger partial charge is 0.497 e. The number of carbonyl (C=O) groups excluding carboxylic acids is 2. The molecule has 0 spiro atoms. The molecule has 2 amide bonds. The van der Waals surface area contributed by atoms with Gasteiger partial charge in [-0.15, -0.1) is 0 Å². The summed E-state index contributed by atoms with van der Waals surface area (Å²) in [4.78, 5) is 25.0. The van der Waals surface area contributed by atoms with Gasteiger partial charge in [-0.3, -0.25) is 9.59 Å². The summed E-state index contributed by atoms with van der Waals surface area (Å²) < 4.78 is 5.10. The van der Waals surface area contributed by atoms with E-state index in [0.29, 0.717) is 17.3 Å². The van der Waals surface area contributed by atoms with Crippen LogP contribution in [0, 0.1) is 12.3 Å². The maximum Gasteiger partial charge on any atom is 0.239 e. The molecule has 0 atom stereocenters. The van der Waals surface area contributed by atoms with Crippen LogP contribution < -0.4 is 15.4 Å². The third-order valence-corrected chi connectivity index (χ3v) is 4.58. The third kappa shape index (κ3) is 4.76. The number of carbonyl (C=O) groups is 2. The molecule has 0 aliphatic heterocycles. The number of methoxy groups -OCH3 is 1. The molecule has 0 aliphatic rings. The molecule has 0 bridgehead atoms. The number of nitrogens with one attached hydrogen (secondary N) is 2. The number of ether oxygens (including phenoxy) is 1. The Labute approximate surface area is 158 Å². The minimum Gasteiger partial charge on any atom is -0.497 e. The van der Waals surface area contributed by atoms with E-state index < -0.39 is 11.3 Å². The number of hydrogen-bond donors (Lipinski definition) is 2. The van der Waals surface area contributed by atoms with Crippen molar-refractivity contribution in [3.05, 3.63) is 58.6 Å². The van der Waals surface area contributed by atoms with Gasteiger partial charge in [0.2, 0.25) is 11.8 Å². The Balaban J connectivity index is 1.98.